The molecule has 0 aliphatic heterocycles. The molecule has 2 rings (SSSR count). The number of hydrogen-bond acceptors (Lipinski definition) is 2. The fourth-order valence-corrected chi connectivity index (χ4v) is 1.56. The van der Waals surface area contributed by atoms with Crippen LogP contribution in [-0.2, 0) is 18.3 Å². The van der Waals surface area contributed by atoms with E-state index in [2.05, 4.69) is 5.10 Å². The molecular formula is C10H14N2O. The summed E-state index contributed by atoms with van der Waals surface area (Å²) in [6, 6.07) is 1.99. The molecule has 0 bridgehead atoms. The van der Waals surface area contributed by atoms with Crippen molar-refractivity contribution in [1.29, 1.82) is 0 Å². The number of aromatic nitrogens is 2. The minimum absolute atomic E-state index is 0.357. The van der Waals surface area contributed by atoms with Crippen LogP contribution in [0, 0.1) is 12.8 Å². The lowest BCUT2D eigenvalue weighted by Gasteiger charge is -1.98. The van der Waals surface area contributed by atoms with Gasteiger partial charge < -0.3 is 0 Å². The van der Waals surface area contributed by atoms with Crippen LogP contribution in [0.25, 0.3) is 0 Å². The largest absolute Gasteiger partial charge is 0.299 e. The fourth-order valence-electron chi connectivity index (χ4n) is 1.56. The third-order valence-corrected chi connectivity index (χ3v) is 2.49. The van der Waals surface area contributed by atoms with E-state index in [4.69, 9.17) is 0 Å². The van der Waals surface area contributed by atoms with E-state index in [9.17, 15) is 4.79 Å². The first-order valence-electron chi connectivity index (χ1n) is 4.69. The standard InChI is InChI=1S/C10H14N2O/c1-7-5-9(12(2)11-7)6-10(13)8-3-4-8/h5,8H,3-4,6H2,1-2H3. The van der Waals surface area contributed by atoms with Gasteiger partial charge in [-0.2, -0.15) is 5.10 Å². The van der Waals surface area contributed by atoms with Crippen molar-refractivity contribution < 1.29 is 4.79 Å². The number of carbonyl (C=O) groups excluding carboxylic acids is 1. The quantitative estimate of drug-likeness (QED) is 0.698. The monoisotopic (exact) mass is 178 g/mol. The van der Waals surface area contributed by atoms with Crippen molar-refractivity contribution in [2.45, 2.75) is 26.2 Å². The average molecular weight is 178 g/mol. The molecule has 0 N–H and O–H groups in total. The summed E-state index contributed by atoms with van der Waals surface area (Å²) in [5, 5.41) is 4.21. The van der Waals surface area contributed by atoms with Gasteiger partial charge in [-0.15, -0.1) is 0 Å². The van der Waals surface area contributed by atoms with Crippen LogP contribution >= 0.6 is 0 Å². The van der Waals surface area contributed by atoms with Gasteiger partial charge in [-0.3, -0.25) is 9.48 Å². The molecule has 1 aliphatic rings. The Balaban J connectivity index is 2.07. The van der Waals surface area contributed by atoms with Crippen LogP contribution in [-0.4, -0.2) is 15.6 Å². The Morgan fingerprint density at radius 2 is 2.38 bits per heavy atom. The maximum Gasteiger partial charge on any atom is 0.141 e. The Hall–Kier alpha value is -1.12. The Bertz CT molecular complexity index is 337. The molecule has 0 aromatic carbocycles. The second kappa shape index (κ2) is 2.98. The molecule has 3 heteroatoms. The minimum atomic E-state index is 0.357. The number of ketones is 1. The van der Waals surface area contributed by atoms with Crippen LogP contribution in [0.15, 0.2) is 6.07 Å². The van der Waals surface area contributed by atoms with Crippen molar-refractivity contribution in [2.75, 3.05) is 0 Å². The summed E-state index contributed by atoms with van der Waals surface area (Å²) < 4.78 is 1.80. The van der Waals surface area contributed by atoms with Crippen LogP contribution in [0.2, 0.25) is 0 Å². The zero-order valence-corrected chi connectivity index (χ0v) is 8.08. The zero-order valence-electron chi connectivity index (χ0n) is 8.08. The highest BCUT2D eigenvalue weighted by atomic mass is 16.1. The summed E-state index contributed by atoms with van der Waals surface area (Å²) in [6.07, 6.45) is 2.74. The first kappa shape index (κ1) is 8.48. The van der Waals surface area contributed by atoms with Crippen LogP contribution in [0.3, 0.4) is 0 Å². The van der Waals surface area contributed by atoms with E-state index in [-0.39, 0.29) is 0 Å². The molecule has 70 valence electrons. The van der Waals surface area contributed by atoms with Crippen molar-refractivity contribution in [3.05, 3.63) is 17.5 Å². The summed E-state index contributed by atoms with van der Waals surface area (Å²) in [7, 11) is 1.89. The molecule has 1 aromatic rings. The van der Waals surface area contributed by atoms with E-state index >= 15 is 0 Å². The number of Topliss-reactive ketones (excluding diaryl/α,β-unsaturated/α-hetero) is 1. The topological polar surface area (TPSA) is 34.9 Å². The number of aryl methyl sites for hydroxylation is 2. The highest BCUT2D eigenvalue weighted by Crippen LogP contribution is 2.30. The SMILES string of the molecule is Cc1cc(CC(=O)C2CC2)n(C)n1. The summed E-state index contributed by atoms with van der Waals surface area (Å²) >= 11 is 0. The lowest BCUT2D eigenvalue weighted by molar-refractivity contribution is -0.119. The first-order valence-corrected chi connectivity index (χ1v) is 4.69. The highest BCUT2D eigenvalue weighted by Gasteiger charge is 2.29. The minimum Gasteiger partial charge on any atom is -0.299 e. The van der Waals surface area contributed by atoms with Crippen molar-refractivity contribution in [3.8, 4) is 0 Å². The van der Waals surface area contributed by atoms with Crippen molar-refractivity contribution in [2.24, 2.45) is 13.0 Å². The Kier molecular flexibility index (Phi) is 1.94. The molecule has 3 nitrogen and oxygen atoms in total. The predicted octanol–water partition coefficient (Wildman–Crippen LogP) is 1.25. The van der Waals surface area contributed by atoms with Crippen LogP contribution in [0.1, 0.15) is 24.2 Å². The van der Waals surface area contributed by atoms with E-state index in [1.807, 2.05) is 20.0 Å². The Morgan fingerprint density at radius 3 is 2.85 bits per heavy atom. The molecule has 13 heavy (non-hydrogen) atoms. The fraction of sp³-hybridized carbons (Fsp3) is 0.600. The lowest BCUT2D eigenvalue weighted by atomic mass is 10.1. The molecule has 1 aromatic heterocycles. The van der Waals surface area contributed by atoms with Gasteiger partial charge in [0.2, 0.25) is 0 Å². The van der Waals surface area contributed by atoms with Crippen LogP contribution < -0.4 is 0 Å². The molecule has 1 aliphatic carbocycles. The average Bonchev–Trinajstić information content (AvgIpc) is 2.81. The van der Waals surface area contributed by atoms with Gasteiger partial charge in [0.25, 0.3) is 0 Å². The smallest absolute Gasteiger partial charge is 0.141 e. The molecular weight excluding hydrogens is 164 g/mol. The summed E-state index contributed by atoms with van der Waals surface area (Å²) in [6.45, 7) is 1.95. The number of hydrogen-bond donors (Lipinski definition) is 0. The Morgan fingerprint density at radius 1 is 1.69 bits per heavy atom. The predicted molar refractivity (Wildman–Crippen MR) is 49.4 cm³/mol. The third-order valence-electron chi connectivity index (χ3n) is 2.49. The summed E-state index contributed by atoms with van der Waals surface area (Å²) in [5.41, 5.74) is 2.02. The normalized spacial score (nSPS) is 16.2. The molecule has 0 unspecified atom stereocenters. The van der Waals surface area contributed by atoms with Crippen molar-refractivity contribution in [1.82, 2.24) is 9.78 Å². The van der Waals surface area contributed by atoms with E-state index in [1.165, 1.54) is 0 Å². The molecule has 0 spiro atoms. The molecule has 1 fully saturated rings. The van der Waals surface area contributed by atoms with Crippen LogP contribution in [0.4, 0.5) is 0 Å². The summed E-state index contributed by atoms with van der Waals surface area (Å²) in [4.78, 5) is 11.5. The summed E-state index contributed by atoms with van der Waals surface area (Å²) in [5.74, 6) is 0.734. The van der Waals surface area contributed by atoms with Crippen molar-refractivity contribution in [3.63, 3.8) is 0 Å². The first-order chi connectivity index (χ1) is 6.16. The van der Waals surface area contributed by atoms with Gasteiger partial charge in [0.1, 0.15) is 5.78 Å². The van der Waals surface area contributed by atoms with Gasteiger partial charge in [0.15, 0.2) is 0 Å². The van der Waals surface area contributed by atoms with Gasteiger partial charge in [0, 0.05) is 25.1 Å². The number of carbonyl (C=O) groups is 1. The lowest BCUT2D eigenvalue weighted by Crippen LogP contribution is -2.08. The van der Waals surface area contributed by atoms with Crippen LogP contribution in [0.5, 0.6) is 0 Å². The molecule has 1 saturated carbocycles. The van der Waals surface area contributed by atoms with Crippen molar-refractivity contribution >= 4 is 5.78 Å². The molecule has 0 amide bonds. The maximum absolute atomic E-state index is 11.5. The molecule has 0 atom stereocenters. The van der Waals surface area contributed by atoms with E-state index in [0.29, 0.717) is 18.1 Å². The second-order valence-corrected chi connectivity index (χ2v) is 3.82. The van der Waals surface area contributed by atoms with E-state index in [0.717, 1.165) is 24.2 Å². The number of nitrogens with zero attached hydrogens (tertiary/aromatic N) is 2. The van der Waals surface area contributed by atoms with E-state index < -0.39 is 0 Å². The highest BCUT2D eigenvalue weighted by molar-refractivity contribution is 5.84. The van der Waals surface area contributed by atoms with Gasteiger partial charge in [-0.05, 0) is 25.8 Å². The Labute approximate surface area is 77.7 Å². The number of rotatable bonds is 3. The molecule has 1 heterocycles. The molecule has 0 radical (unpaired) electrons. The van der Waals surface area contributed by atoms with Gasteiger partial charge in [0.05, 0.1) is 5.69 Å². The molecule has 0 saturated heterocycles. The second-order valence-electron chi connectivity index (χ2n) is 3.82. The van der Waals surface area contributed by atoms with Gasteiger partial charge >= 0.3 is 0 Å². The maximum atomic E-state index is 11.5. The van der Waals surface area contributed by atoms with Gasteiger partial charge in [-0.25, -0.2) is 0 Å². The van der Waals surface area contributed by atoms with E-state index in [1.54, 1.807) is 4.68 Å². The van der Waals surface area contributed by atoms with Gasteiger partial charge in [-0.1, -0.05) is 0 Å². The zero-order chi connectivity index (χ0) is 9.42. The third kappa shape index (κ3) is 1.79.